The van der Waals surface area contributed by atoms with Crippen LogP contribution in [0.1, 0.15) is 22.0 Å². The maximum atomic E-state index is 13.6. The molecule has 2 heterocycles. The predicted molar refractivity (Wildman–Crippen MR) is 98.7 cm³/mol. The standard InChI is InChI=1S/C17H18FN3O4S.ClH/c1-25-17(22)14-9-13(18)4-5-16(14)26(23,24)21-8-7-20-11-15(21)12-3-2-6-19-10-12;/h2-6,9-10,15,20H,7-8,11H2,1H3;1H. The average Bonchev–Trinajstić information content (AvgIpc) is 2.67. The molecule has 27 heavy (non-hydrogen) atoms. The zero-order valence-electron chi connectivity index (χ0n) is 14.5. The number of ether oxygens (including phenoxy) is 1. The van der Waals surface area contributed by atoms with Crippen LogP contribution in [0.3, 0.4) is 0 Å². The molecule has 146 valence electrons. The maximum absolute atomic E-state index is 13.6. The van der Waals surface area contributed by atoms with Crippen LogP contribution in [-0.4, -0.2) is 50.4 Å². The molecular weight excluding hydrogens is 397 g/mol. The predicted octanol–water partition coefficient (Wildman–Crippen LogP) is 1.76. The molecule has 0 aliphatic carbocycles. The number of methoxy groups -OCH3 is 1. The van der Waals surface area contributed by atoms with Crippen LogP contribution in [-0.2, 0) is 14.8 Å². The molecule has 10 heteroatoms. The summed E-state index contributed by atoms with van der Waals surface area (Å²) in [6, 6.07) is 6.02. The van der Waals surface area contributed by atoms with Crippen LogP contribution in [0, 0.1) is 5.82 Å². The van der Waals surface area contributed by atoms with Gasteiger partial charge in [0, 0.05) is 32.0 Å². The number of aromatic nitrogens is 1. The third-order valence-corrected chi connectivity index (χ3v) is 6.16. The third-order valence-electron chi connectivity index (χ3n) is 4.20. The molecule has 1 aliphatic rings. The van der Waals surface area contributed by atoms with Crippen LogP contribution < -0.4 is 5.32 Å². The van der Waals surface area contributed by atoms with Gasteiger partial charge in [-0.25, -0.2) is 17.6 Å². The molecule has 1 N–H and O–H groups in total. The third kappa shape index (κ3) is 4.27. The first-order valence-corrected chi connectivity index (χ1v) is 9.39. The van der Waals surface area contributed by atoms with Crippen molar-refractivity contribution >= 4 is 28.4 Å². The summed E-state index contributed by atoms with van der Waals surface area (Å²) in [6.45, 7) is 1.07. The first-order chi connectivity index (χ1) is 12.4. The number of nitrogens with one attached hydrogen (secondary N) is 1. The van der Waals surface area contributed by atoms with Crippen molar-refractivity contribution in [1.29, 1.82) is 0 Å². The van der Waals surface area contributed by atoms with Crippen LogP contribution in [0.15, 0.2) is 47.6 Å². The van der Waals surface area contributed by atoms with E-state index in [4.69, 9.17) is 0 Å². The fourth-order valence-corrected chi connectivity index (χ4v) is 4.73. The summed E-state index contributed by atoms with van der Waals surface area (Å²) < 4.78 is 46.0. The summed E-state index contributed by atoms with van der Waals surface area (Å²) in [4.78, 5) is 15.7. The summed E-state index contributed by atoms with van der Waals surface area (Å²) in [7, 11) is -2.95. The number of nitrogens with zero attached hydrogens (tertiary/aromatic N) is 2. The molecule has 0 saturated carbocycles. The fourth-order valence-electron chi connectivity index (χ4n) is 2.95. The topological polar surface area (TPSA) is 88.6 Å². The first kappa shape index (κ1) is 21.2. The number of hydrogen-bond donors (Lipinski definition) is 1. The molecule has 0 spiro atoms. The minimum Gasteiger partial charge on any atom is -0.465 e. The fraction of sp³-hybridized carbons (Fsp3) is 0.294. The molecule has 2 aromatic rings. The minimum absolute atomic E-state index is 0. The first-order valence-electron chi connectivity index (χ1n) is 7.95. The Morgan fingerprint density at radius 1 is 1.37 bits per heavy atom. The number of pyridine rings is 1. The Kier molecular flexibility index (Phi) is 6.88. The molecule has 1 aliphatic heterocycles. The van der Waals surface area contributed by atoms with E-state index in [0.717, 1.165) is 30.9 Å². The smallest absolute Gasteiger partial charge is 0.339 e. The van der Waals surface area contributed by atoms with Crippen molar-refractivity contribution in [1.82, 2.24) is 14.6 Å². The van der Waals surface area contributed by atoms with Gasteiger partial charge < -0.3 is 10.1 Å². The van der Waals surface area contributed by atoms with Gasteiger partial charge in [-0.2, -0.15) is 4.31 Å². The molecule has 0 radical (unpaired) electrons. The van der Waals surface area contributed by atoms with Crippen molar-refractivity contribution in [2.45, 2.75) is 10.9 Å². The van der Waals surface area contributed by atoms with Crippen LogP contribution in [0.2, 0.25) is 0 Å². The lowest BCUT2D eigenvalue weighted by Gasteiger charge is -2.35. The van der Waals surface area contributed by atoms with Gasteiger partial charge in [0.05, 0.1) is 23.6 Å². The van der Waals surface area contributed by atoms with Crippen LogP contribution in [0.4, 0.5) is 4.39 Å². The number of sulfonamides is 1. The lowest BCUT2D eigenvalue weighted by Crippen LogP contribution is -2.48. The number of esters is 1. The van der Waals surface area contributed by atoms with E-state index in [0.29, 0.717) is 13.1 Å². The van der Waals surface area contributed by atoms with Gasteiger partial charge >= 0.3 is 5.97 Å². The second-order valence-electron chi connectivity index (χ2n) is 5.75. The van der Waals surface area contributed by atoms with Crippen molar-refractivity contribution in [3.05, 3.63) is 59.7 Å². The Morgan fingerprint density at radius 2 is 2.15 bits per heavy atom. The molecule has 0 amide bonds. The molecule has 1 unspecified atom stereocenters. The maximum Gasteiger partial charge on any atom is 0.339 e. The quantitative estimate of drug-likeness (QED) is 0.765. The van der Waals surface area contributed by atoms with Crippen molar-refractivity contribution in [2.75, 3.05) is 26.7 Å². The highest BCUT2D eigenvalue weighted by molar-refractivity contribution is 7.89. The normalized spacial score (nSPS) is 17.8. The highest BCUT2D eigenvalue weighted by Gasteiger charge is 2.37. The molecule has 1 saturated heterocycles. The van der Waals surface area contributed by atoms with Crippen molar-refractivity contribution in [3.8, 4) is 0 Å². The monoisotopic (exact) mass is 415 g/mol. The molecule has 1 aromatic carbocycles. The Bertz CT molecular complexity index is 912. The number of benzene rings is 1. The van der Waals surface area contributed by atoms with Crippen LogP contribution >= 0.6 is 12.4 Å². The van der Waals surface area contributed by atoms with Gasteiger partial charge in [-0.15, -0.1) is 12.4 Å². The van der Waals surface area contributed by atoms with Gasteiger partial charge in [0.2, 0.25) is 10.0 Å². The van der Waals surface area contributed by atoms with E-state index in [1.807, 2.05) is 0 Å². The number of halogens is 2. The molecule has 1 fully saturated rings. The van der Waals surface area contributed by atoms with E-state index in [1.54, 1.807) is 24.5 Å². The van der Waals surface area contributed by atoms with E-state index < -0.39 is 27.9 Å². The van der Waals surface area contributed by atoms with Crippen molar-refractivity contribution in [2.24, 2.45) is 0 Å². The molecular formula is C17H19ClFN3O4S. The lowest BCUT2D eigenvalue weighted by atomic mass is 10.1. The van der Waals surface area contributed by atoms with E-state index in [1.165, 1.54) is 4.31 Å². The van der Waals surface area contributed by atoms with E-state index >= 15 is 0 Å². The van der Waals surface area contributed by atoms with Gasteiger partial charge in [0.1, 0.15) is 5.82 Å². The Morgan fingerprint density at radius 3 is 2.81 bits per heavy atom. The van der Waals surface area contributed by atoms with Crippen molar-refractivity contribution in [3.63, 3.8) is 0 Å². The molecule has 0 bridgehead atoms. The Labute approximate surface area is 163 Å². The summed E-state index contributed by atoms with van der Waals surface area (Å²) >= 11 is 0. The SMILES string of the molecule is COC(=O)c1cc(F)ccc1S(=O)(=O)N1CCNCC1c1cccnc1.Cl. The highest BCUT2D eigenvalue weighted by Crippen LogP contribution is 2.30. The molecule has 3 rings (SSSR count). The molecule has 1 atom stereocenters. The highest BCUT2D eigenvalue weighted by atomic mass is 35.5. The zero-order valence-corrected chi connectivity index (χ0v) is 16.1. The Hall–Kier alpha value is -2.07. The van der Waals surface area contributed by atoms with Gasteiger partial charge in [0.15, 0.2) is 0 Å². The van der Waals surface area contributed by atoms with Gasteiger partial charge in [-0.05, 0) is 29.8 Å². The minimum atomic E-state index is -4.06. The number of hydrogen-bond acceptors (Lipinski definition) is 6. The number of carbonyl (C=O) groups is 1. The van der Waals surface area contributed by atoms with Gasteiger partial charge in [0.25, 0.3) is 0 Å². The number of carbonyl (C=O) groups excluding carboxylic acids is 1. The molecule has 1 aromatic heterocycles. The van der Waals surface area contributed by atoms with E-state index in [-0.39, 0.29) is 29.4 Å². The number of rotatable bonds is 4. The summed E-state index contributed by atoms with van der Waals surface area (Å²) in [5, 5.41) is 3.16. The average molecular weight is 416 g/mol. The lowest BCUT2D eigenvalue weighted by molar-refractivity contribution is 0.0595. The number of piperazine rings is 1. The summed E-state index contributed by atoms with van der Waals surface area (Å²) in [5.74, 6) is -1.62. The van der Waals surface area contributed by atoms with Gasteiger partial charge in [-0.1, -0.05) is 6.07 Å². The van der Waals surface area contributed by atoms with Crippen LogP contribution in [0.5, 0.6) is 0 Å². The largest absolute Gasteiger partial charge is 0.465 e. The summed E-state index contributed by atoms with van der Waals surface area (Å²) in [6.07, 6.45) is 3.21. The molecule has 7 nitrogen and oxygen atoms in total. The van der Waals surface area contributed by atoms with Crippen molar-refractivity contribution < 1.29 is 22.3 Å². The summed E-state index contributed by atoms with van der Waals surface area (Å²) in [5.41, 5.74) is 0.404. The second kappa shape index (κ2) is 8.75. The zero-order chi connectivity index (χ0) is 18.7. The van der Waals surface area contributed by atoms with Crippen LogP contribution in [0.25, 0.3) is 0 Å². The second-order valence-corrected chi connectivity index (χ2v) is 7.61. The van der Waals surface area contributed by atoms with Gasteiger partial charge in [-0.3, -0.25) is 4.98 Å². The van der Waals surface area contributed by atoms with E-state index in [2.05, 4.69) is 15.0 Å². The Balaban J connectivity index is 0.00000261. The van der Waals surface area contributed by atoms with E-state index in [9.17, 15) is 17.6 Å².